The van der Waals surface area contributed by atoms with Crippen LogP contribution in [0.4, 0.5) is 9.18 Å². The van der Waals surface area contributed by atoms with Crippen LogP contribution in [0.15, 0.2) is 24.3 Å². The summed E-state index contributed by atoms with van der Waals surface area (Å²) in [6, 6.07) is 5.82. The molecular weight excluding hydrogens is 421 g/mol. The average molecular weight is 462 g/mol. The second kappa shape index (κ2) is 10.4. The van der Waals surface area contributed by atoms with Gasteiger partial charge in [-0.3, -0.25) is 4.90 Å². The van der Waals surface area contributed by atoms with E-state index in [-0.39, 0.29) is 23.8 Å². The maximum Gasteiger partial charge on any atom is 0.411 e. The Hall–Kier alpha value is -2.11. The van der Waals surface area contributed by atoms with Gasteiger partial charge in [0.2, 0.25) is 0 Å². The molecule has 1 saturated carbocycles. The van der Waals surface area contributed by atoms with Crippen LogP contribution in [0.5, 0.6) is 0 Å². The second-order valence-corrected chi connectivity index (χ2v) is 11.4. The lowest BCUT2D eigenvalue weighted by atomic mass is 9.75. The Morgan fingerprint density at radius 3 is 2.55 bits per heavy atom. The van der Waals surface area contributed by atoms with Gasteiger partial charge in [0.1, 0.15) is 23.6 Å². The highest BCUT2D eigenvalue weighted by molar-refractivity contribution is 5.82. The number of esters is 1. The molecule has 5 nitrogen and oxygen atoms in total. The third kappa shape index (κ3) is 6.94. The highest BCUT2D eigenvalue weighted by atomic mass is 19.1. The smallest absolute Gasteiger partial charge is 0.411 e. The number of carbonyl (C=O) groups excluding carboxylic acids is 2. The molecule has 1 aliphatic heterocycles. The van der Waals surface area contributed by atoms with Crippen molar-refractivity contribution in [2.45, 2.75) is 91.4 Å². The van der Waals surface area contributed by atoms with Gasteiger partial charge in [0.25, 0.3) is 0 Å². The van der Waals surface area contributed by atoms with Crippen molar-refractivity contribution in [1.29, 1.82) is 0 Å². The number of halogens is 1. The van der Waals surface area contributed by atoms with E-state index in [0.717, 1.165) is 24.8 Å². The number of hydrogen-bond acceptors (Lipinski definition) is 4. The molecule has 2 fully saturated rings. The van der Waals surface area contributed by atoms with E-state index in [1.165, 1.54) is 17.0 Å². The number of amides is 1. The Morgan fingerprint density at radius 2 is 1.91 bits per heavy atom. The molecule has 33 heavy (non-hydrogen) atoms. The number of likely N-dealkylation sites (tertiary alicyclic amines) is 1. The molecule has 1 aromatic carbocycles. The molecule has 1 amide bonds. The first kappa shape index (κ1) is 25.5. The van der Waals surface area contributed by atoms with Crippen LogP contribution < -0.4 is 0 Å². The summed E-state index contributed by atoms with van der Waals surface area (Å²) in [5, 5.41) is 0. The SMILES string of the molecule is CC1CCC(C(C)C)C(OC(=O)C2CC(Cc3cccc(F)c3)CN2C(=O)OC(C)(C)C)C1. The number of benzene rings is 1. The molecule has 1 aliphatic carbocycles. The fourth-order valence-corrected chi connectivity index (χ4v) is 5.29. The normalized spacial score (nSPS) is 28.1. The van der Waals surface area contributed by atoms with Gasteiger partial charge in [-0.25, -0.2) is 14.0 Å². The van der Waals surface area contributed by atoms with Crippen LogP contribution in [0.25, 0.3) is 0 Å². The maximum atomic E-state index is 13.7. The third-order valence-electron chi connectivity index (χ3n) is 6.93. The van der Waals surface area contributed by atoms with Crippen LogP contribution in [0.1, 0.15) is 72.8 Å². The molecule has 1 aromatic rings. The van der Waals surface area contributed by atoms with Crippen molar-refractivity contribution in [3.63, 3.8) is 0 Å². The monoisotopic (exact) mass is 461 g/mol. The molecule has 0 bridgehead atoms. The zero-order valence-corrected chi connectivity index (χ0v) is 21.0. The number of rotatable bonds is 5. The fourth-order valence-electron chi connectivity index (χ4n) is 5.29. The van der Waals surface area contributed by atoms with E-state index in [2.05, 4.69) is 20.8 Å². The minimum atomic E-state index is -0.677. The molecular formula is C27H40FNO4. The third-order valence-corrected chi connectivity index (χ3v) is 6.93. The van der Waals surface area contributed by atoms with Crippen LogP contribution in [0, 0.1) is 29.5 Å². The van der Waals surface area contributed by atoms with Crippen LogP contribution in [0.3, 0.4) is 0 Å². The van der Waals surface area contributed by atoms with Gasteiger partial charge in [-0.1, -0.05) is 39.3 Å². The topological polar surface area (TPSA) is 55.8 Å². The summed E-state index contributed by atoms with van der Waals surface area (Å²) in [6.45, 7) is 12.4. The molecule has 0 N–H and O–H groups in total. The van der Waals surface area contributed by atoms with Crippen molar-refractivity contribution < 1.29 is 23.5 Å². The Labute approximate surface area is 198 Å². The van der Waals surface area contributed by atoms with E-state index in [1.807, 2.05) is 26.8 Å². The van der Waals surface area contributed by atoms with Gasteiger partial charge >= 0.3 is 12.1 Å². The summed E-state index contributed by atoms with van der Waals surface area (Å²) in [7, 11) is 0. The minimum Gasteiger partial charge on any atom is -0.461 e. The lowest BCUT2D eigenvalue weighted by molar-refractivity contribution is -0.161. The van der Waals surface area contributed by atoms with Gasteiger partial charge < -0.3 is 9.47 Å². The average Bonchev–Trinajstić information content (AvgIpc) is 3.10. The number of ether oxygens (including phenoxy) is 2. The van der Waals surface area contributed by atoms with E-state index < -0.39 is 17.7 Å². The molecule has 0 radical (unpaired) electrons. The van der Waals surface area contributed by atoms with E-state index in [1.54, 1.807) is 6.07 Å². The molecule has 0 spiro atoms. The highest BCUT2D eigenvalue weighted by Gasteiger charge is 2.44. The molecule has 1 saturated heterocycles. The van der Waals surface area contributed by atoms with E-state index >= 15 is 0 Å². The zero-order valence-electron chi connectivity index (χ0n) is 21.0. The van der Waals surface area contributed by atoms with Gasteiger partial charge in [0.05, 0.1) is 0 Å². The first-order chi connectivity index (χ1) is 15.4. The molecule has 5 atom stereocenters. The molecule has 6 heteroatoms. The largest absolute Gasteiger partial charge is 0.461 e. The van der Waals surface area contributed by atoms with Crippen LogP contribution in [-0.2, 0) is 20.7 Å². The molecule has 3 rings (SSSR count). The molecule has 1 heterocycles. The van der Waals surface area contributed by atoms with Crippen molar-refractivity contribution in [2.75, 3.05) is 6.54 Å². The summed E-state index contributed by atoms with van der Waals surface area (Å²) >= 11 is 0. The Balaban J connectivity index is 1.76. The summed E-state index contributed by atoms with van der Waals surface area (Å²) in [5.41, 5.74) is 0.201. The first-order valence-corrected chi connectivity index (χ1v) is 12.4. The first-order valence-electron chi connectivity index (χ1n) is 12.4. The zero-order chi connectivity index (χ0) is 24.3. The van der Waals surface area contributed by atoms with E-state index in [9.17, 15) is 14.0 Å². The minimum absolute atomic E-state index is 0.0306. The number of hydrogen-bond donors (Lipinski definition) is 0. The fraction of sp³-hybridized carbons (Fsp3) is 0.704. The van der Waals surface area contributed by atoms with Gasteiger partial charge in [0.15, 0.2) is 0 Å². The quantitative estimate of drug-likeness (QED) is 0.505. The van der Waals surface area contributed by atoms with Crippen molar-refractivity contribution in [1.82, 2.24) is 4.90 Å². The van der Waals surface area contributed by atoms with Gasteiger partial charge in [0, 0.05) is 6.54 Å². The van der Waals surface area contributed by atoms with E-state index in [0.29, 0.717) is 37.1 Å². The molecule has 5 unspecified atom stereocenters. The lowest BCUT2D eigenvalue weighted by Gasteiger charge is -2.37. The van der Waals surface area contributed by atoms with Gasteiger partial charge in [-0.2, -0.15) is 0 Å². The number of carbonyl (C=O) groups is 2. The maximum absolute atomic E-state index is 13.7. The molecule has 2 aliphatic rings. The van der Waals surface area contributed by atoms with Crippen LogP contribution >= 0.6 is 0 Å². The summed E-state index contributed by atoms with van der Waals surface area (Å²) < 4.78 is 25.4. The Bertz CT molecular complexity index is 834. The second-order valence-electron chi connectivity index (χ2n) is 11.4. The summed E-state index contributed by atoms with van der Waals surface area (Å²) in [4.78, 5) is 27.9. The van der Waals surface area contributed by atoms with Gasteiger partial charge in [-0.05, 0) is 87.8 Å². The Kier molecular flexibility index (Phi) is 8.07. The lowest BCUT2D eigenvalue weighted by Crippen LogP contribution is -2.46. The van der Waals surface area contributed by atoms with Crippen molar-refractivity contribution in [3.05, 3.63) is 35.6 Å². The summed E-state index contributed by atoms with van der Waals surface area (Å²) in [6.07, 6.45) is 3.53. The molecule has 184 valence electrons. The predicted octanol–water partition coefficient (Wildman–Crippen LogP) is 6.00. The standard InChI is InChI=1S/C27H40FNO4/c1-17(2)22-11-10-18(3)12-24(22)32-25(30)23-15-20(13-19-8-7-9-21(28)14-19)16-29(23)26(31)33-27(4,5)6/h7-9,14,17-18,20,22-24H,10-13,15-16H2,1-6H3. The van der Waals surface area contributed by atoms with Gasteiger partial charge in [-0.15, -0.1) is 0 Å². The number of nitrogens with zero attached hydrogens (tertiary/aromatic N) is 1. The van der Waals surface area contributed by atoms with E-state index in [4.69, 9.17) is 9.47 Å². The van der Waals surface area contributed by atoms with Crippen molar-refractivity contribution in [3.8, 4) is 0 Å². The van der Waals surface area contributed by atoms with Crippen molar-refractivity contribution >= 4 is 12.1 Å². The van der Waals surface area contributed by atoms with Crippen LogP contribution in [-0.4, -0.2) is 41.3 Å². The van der Waals surface area contributed by atoms with Crippen molar-refractivity contribution in [2.24, 2.45) is 23.7 Å². The predicted molar refractivity (Wildman–Crippen MR) is 126 cm³/mol. The Morgan fingerprint density at radius 1 is 1.18 bits per heavy atom. The highest BCUT2D eigenvalue weighted by Crippen LogP contribution is 2.37. The van der Waals surface area contributed by atoms with Crippen LogP contribution in [0.2, 0.25) is 0 Å². The molecule has 0 aromatic heterocycles. The summed E-state index contributed by atoms with van der Waals surface area (Å²) in [5.74, 6) is 0.697.